The van der Waals surface area contributed by atoms with E-state index in [0.29, 0.717) is 10.7 Å². The van der Waals surface area contributed by atoms with Gasteiger partial charge in [-0.05, 0) is 103 Å². The smallest absolute Gasteiger partial charge is 0.326 e. The van der Waals surface area contributed by atoms with Crippen LogP contribution >= 0.6 is 11.8 Å². The fourth-order valence-corrected chi connectivity index (χ4v) is 7.68. The molecule has 0 atom stereocenters. The molecule has 6 nitrogen and oxygen atoms in total. The third kappa shape index (κ3) is 4.39. The van der Waals surface area contributed by atoms with Crippen LogP contribution in [0.4, 0.5) is 4.79 Å². The Morgan fingerprint density at radius 1 is 1.15 bits per heavy atom. The van der Waals surface area contributed by atoms with Gasteiger partial charge in [0.15, 0.2) is 0 Å². The van der Waals surface area contributed by atoms with E-state index in [1.165, 1.54) is 44.1 Å². The first kappa shape index (κ1) is 23.5. The van der Waals surface area contributed by atoms with Crippen molar-refractivity contribution in [1.82, 2.24) is 4.90 Å². The number of esters is 1. The number of ether oxygens (including phenoxy) is 2. The van der Waals surface area contributed by atoms with E-state index in [9.17, 15) is 14.4 Å². The van der Waals surface area contributed by atoms with Crippen LogP contribution < -0.4 is 4.74 Å². The van der Waals surface area contributed by atoms with E-state index < -0.39 is 17.1 Å². The summed E-state index contributed by atoms with van der Waals surface area (Å²) in [5.41, 5.74) is 2.36. The van der Waals surface area contributed by atoms with Crippen molar-refractivity contribution >= 4 is 35.0 Å². The van der Waals surface area contributed by atoms with Crippen molar-refractivity contribution in [1.29, 1.82) is 0 Å². The Balaban J connectivity index is 1.38. The number of nitrogens with zero attached hydrogens (tertiary/aromatic N) is 1. The van der Waals surface area contributed by atoms with E-state index in [1.807, 2.05) is 19.9 Å². The second-order valence-corrected chi connectivity index (χ2v) is 12.0. The maximum Gasteiger partial charge on any atom is 0.326 e. The van der Waals surface area contributed by atoms with Crippen LogP contribution in [0.25, 0.3) is 6.08 Å². The quantitative estimate of drug-likeness (QED) is 0.382. The summed E-state index contributed by atoms with van der Waals surface area (Å²) in [5, 5.41) is -0.450. The summed E-state index contributed by atoms with van der Waals surface area (Å²) >= 11 is 0.863. The third-order valence-electron chi connectivity index (χ3n) is 7.91. The van der Waals surface area contributed by atoms with Crippen molar-refractivity contribution in [3.05, 3.63) is 34.2 Å². The number of amides is 2. The fraction of sp³-hybridized carbons (Fsp3) is 0.593. The fourth-order valence-electron chi connectivity index (χ4n) is 6.85. The lowest BCUT2D eigenvalue weighted by molar-refractivity contribution is -0.147. The molecule has 4 saturated carbocycles. The standard InChI is InChI=1S/C27H33NO5S/c1-16(2)15-33-24(29)14-28-25(30)23(34-26(28)31)10-20-9-21(4-5-22(20)32-3)27-11-17-6-18(12-27)8-19(7-17)13-27/h4-5,9-10,16-19H,6-8,11-15H2,1-3H3/b23-10+. The average molecular weight is 484 g/mol. The second-order valence-electron chi connectivity index (χ2n) is 11.0. The van der Waals surface area contributed by atoms with Crippen LogP contribution in [0.3, 0.4) is 0 Å². The van der Waals surface area contributed by atoms with Crippen LogP contribution in [-0.2, 0) is 19.7 Å². The lowest BCUT2D eigenvalue weighted by Crippen LogP contribution is -2.48. The van der Waals surface area contributed by atoms with Gasteiger partial charge in [-0.25, -0.2) is 0 Å². The predicted molar refractivity (Wildman–Crippen MR) is 131 cm³/mol. The Morgan fingerprint density at radius 3 is 2.38 bits per heavy atom. The predicted octanol–water partition coefficient (Wildman–Crippen LogP) is 5.40. The molecule has 2 amide bonds. The van der Waals surface area contributed by atoms with Crippen LogP contribution in [0.2, 0.25) is 0 Å². The molecule has 1 aromatic carbocycles. The zero-order chi connectivity index (χ0) is 24.0. The van der Waals surface area contributed by atoms with E-state index in [0.717, 1.165) is 40.0 Å². The molecule has 0 radical (unpaired) electrons. The molecule has 1 heterocycles. The molecule has 4 aliphatic carbocycles. The Morgan fingerprint density at radius 2 is 1.79 bits per heavy atom. The SMILES string of the molecule is COc1ccc(C23CC4CC(CC(C4)C2)C3)cc1/C=C1/SC(=O)N(CC(=O)OCC(C)C)C1=O. The highest BCUT2D eigenvalue weighted by Gasteiger charge is 2.51. The molecule has 0 aromatic heterocycles. The number of imide groups is 1. The molecule has 1 aliphatic heterocycles. The molecular formula is C27H33NO5S. The van der Waals surface area contributed by atoms with Gasteiger partial charge in [0.2, 0.25) is 0 Å². The van der Waals surface area contributed by atoms with E-state index in [2.05, 4.69) is 12.1 Å². The lowest BCUT2D eigenvalue weighted by atomic mass is 9.48. The molecule has 1 aromatic rings. The largest absolute Gasteiger partial charge is 0.496 e. The maximum absolute atomic E-state index is 13.0. The summed E-state index contributed by atoms with van der Waals surface area (Å²) < 4.78 is 10.8. The molecule has 0 spiro atoms. The Hall–Kier alpha value is -2.28. The minimum absolute atomic E-state index is 0.187. The van der Waals surface area contributed by atoms with E-state index in [-0.39, 0.29) is 24.5 Å². The molecule has 0 N–H and O–H groups in total. The molecule has 1 saturated heterocycles. The Labute approximate surface area is 205 Å². The summed E-state index contributed by atoms with van der Waals surface area (Å²) in [6.45, 7) is 3.76. The van der Waals surface area contributed by atoms with Crippen molar-refractivity contribution < 1.29 is 23.9 Å². The molecule has 6 rings (SSSR count). The molecule has 5 aliphatic rings. The van der Waals surface area contributed by atoms with Gasteiger partial charge in [0, 0.05) is 5.56 Å². The average Bonchev–Trinajstić information content (AvgIpc) is 3.04. The highest BCUT2D eigenvalue weighted by Crippen LogP contribution is 2.61. The second kappa shape index (κ2) is 9.06. The van der Waals surface area contributed by atoms with Crippen molar-refractivity contribution in [2.24, 2.45) is 23.7 Å². The van der Waals surface area contributed by atoms with Crippen LogP contribution in [0.5, 0.6) is 5.75 Å². The van der Waals surface area contributed by atoms with Crippen molar-refractivity contribution in [3.63, 3.8) is 0 Å². The molecule has 4 bridgehead atoms. The Kier molecular flexibility index (Phi) is 6.25. The topological polar surface area (TPSA) is 72.9 Å². The zero-order valence-corrected chi connectivity index (χ0v) is 21.0. The molecule has 182 valence electrons. The summed E-state index contributed by atoms with van der Waals surface area (Å²) in [6, 6.07) is 6.35. The van der Waals surface area contributed by atoms with Crippen LogP contribution in [0, 0.1) is 23.7 Å². The number of hydrogen-bond donors (Lipinski definition) is 0. The number of carbonyl (C=O) groups excluding carboxylic acids is 3. The number of benzene rings is 1. The zero-order valence-electron chi connectivity index (χ0n) is 20.2. The first-order valence-electron chi connectivity index (χ1n) is 12.4. The number of rotatable bonds is 7. The lowest BCUT2D eigenvalue weighted by Gasteiger charge is -2.57. The summed E-state index contributed by atoms with van der Waals surface area (Å²) in [7, 11) is 1.62. The van der Waals surface area contributed by atoms with Crippen LogP contribution in [0.1, 0.15) is 63.5 Å². The van der Waals surface area contributed by atoms with Gasteiger partial charge in [-0.1, -0.05) is 19.9 Å². The highest BCUT2D eigenvalue weighted by atomic mass is 32.2. The van der Waals surface area contributed by atoms with Crippen molar-refractivity contribution in [3.8, 4) is 5.75 Å². The van der Waals surface area contributed by atoms with Crippen molar-refractivity contribution in [2.75, 3.05) is 20.3 Å². The summed E-state index contributed by atoms with van der Waals surface area (Å²) in [5.74, 6) is 2.35. The monoisotopic (exact) mass is 483 g/mol. The molecular weight excluding hydrogens is 450 g/mol. The molecule has 0 unspecified atom stereocenters. The number of thioether (sulfide) groups is 1. The van der Waals surface area contributed by atoms with Gasteiger partial charge in [-0.3, -0.25) is 19.3 Å². The summed E-state index contributed by atoms with van der Waals surface area (Å²) in [6.07, 6.45) is 9.64. The van der Waals surface area contributed by atoms with E-state index >= 15 is 0 Å². The van der Waals surface area contributed by atoms with Crippen LogP contribution in [0.15, 0.2) is 23.1 Å². The first-order chi connectivity index (χ1) is 16.3. The van der Waals surface area contributed by atoms with Gasteiger partial charge < -0.3 is 9.47 Å². The van der Waals surface area contributed by atoms with Crippen LogP contribution in [-0.4, -0.2) is 42.3 Å². The maximum atomic E-state index is 13.0. The number of hydrogen-bond acceptors (Lipinski definition) is 6. The molecule has 7 heteroatoms. The molecule has 5 fully saturated rings. The van der Waals surface area contributed by atoms with Gasteiger partial charge in [0.1, 0.15) is 12.3 Å². The minimum Gasteiger partial charge on any atom is -0.496 e. The van der Waals surface area contributed by atoms with Gasteiger partial charge in [0.25, 0.3) is 11.1 Å². The minimum atomic E-state index is -0.571. The van der Waals surface area contributed by atoms with Gasteiger partial charge >= 0.3 is 5.97 Å². The number of methoxy groups -OCH3 is 1. The van der Waals surface area contributed by atoms with E-state index in [1.54, 1.807) is 13.2 Å². The Bertz CT molecular complexity index is 1010. The summed E-state index contributed by atoms with van der Waals surface area (Å²) in [4.78, 5) is 38.8. The third-order valence-corrected chi connectivity index (χ3v) is 8.81. The first-order valence-corrected chi connectivity index (χ1v) is 13.2. The normalized spacial score (nSPS) is 31.1. The van der Waals surface area contributed by atoms with Gasteiger partial charge in [-0.15, -0.1) is 0 Å². The molecule has 34 heavy (non-hydrogen) atoms. The van der Waals surface area contributed by atoms with E-state index in [4.69, 9.17) is 9.47 Å². The van der Waals surface area contributed by atoms with Gasteiger partial charge in [0.05, 0.1) is 18.6 Å². The number of carbonyl (C=O) groups is 3. The van der Waals surface area contributed by atoms with Gasteiger partial charge in [-0.2, -0.15) is 0 Å². The van der Waals surface area contributed by atoms with Crippen molar-refractivity contribution in [2.45, 2.75) is 57.8 Å². The highest BCUT2D eigenvalue weighted by molar-refractivity contribution is 8.18.